The number of sulfonamides is 1. The number of rotatable bonds is 5. The third-order valence-electron chi connectivity index (χ3n) is 3.76. The Morgan fingerprint density at radius 3 is 2.18 bits per heavy atom. The van der Waals surface area contributed by atoms with Crippen molar-refractivity contribution in [2.45, 2.75) is 17.7 Å². The molecular weight excluding hydrogens is 304 g/mol. The molecular formula is C14H22N4O3S. The molecule has 1 fully saturated rings. The second kappa shape index (κ2) is 7.08. The second-order valence-electron chi connectivity index (χ2n) is 5.30. The average molecular weight is 326 g/mol. The van der Waals surface area contributed by atoms with E-state index in [0.717, 1.165) is 18.8 Å². The lowest BCUT2D eigenvalue weighted by Crippen LogP contribution is -2.48. The molecule has 122 valence electrons. The number of carbonyl (C=O) groups is 1. The Balaban J connectivity index is 1.93. The largest absolute Gasteiger partial charge is 0.368 e. The van der Waals surface area contributed by atoms with Gasteiger partial charge in [-0.15, -0.1) is 0 Å². The maximum atomic E-state index is 11.9. The highest BCUT2D eigenvalue weighted by Crippen LogP contribution is 2.19. The fraction of sp³-hybridized carbons (Fsp3) is 0.500. The van der Waals surface area contributed by atoms with Crippen LogP contribution in [0.5, 0.6) is 0 Å². The summed E-state index contributed by atoms with van der Waals surface area (Å²) in [5.41, 5.74) is 6.35. The third kappa shape index (κ3) is 4.19. The van der Waals surface area contributed by atoms with Crippen molar-refractivity contribution in [1.29, 1.82) is 0 Å². The smallest absolute Gasteiger partial charge is 0.238 e. The number of anilines is 1. The van der Waals surface area contributed by atoms with Crippen LogP contribution in [-0.2, 0) is 14.8 Å². The number of nitrogens with two attached hydrogens (primary N) is 2. The van der Waals surface area contributed by atoms with Crippen LogP contribution in [0.3, 0.4) is 0 Å². The SMILES string of the molecule is NCCCC(=O)N1CCN(c2ccc(S(N)(=O)=O)cc2)CC1. The molecule has 0 aliphatic carbocycles. The Bertz CT molecular complexity index is 607. The summed E-state index contributed by atoms with van der Waals surface area (Å²) in [6.07, 6.45) is 1.22. The quantitative estimate of drug-likeness (QED) is 0.773. The van der Waals surface area contributed by atoms with Gasteiger partial charge in [-0.05, 0) is 37.2 Å². The zero-order chi connectivity index (χ0) is 16.2. The first-order valence-electron chi connectivity index (χ1n) is 7.27. The lowest BCUT2D eigenvalue weighted by atomic mass is 10.2. The highest BCUT2D eigenvalue weighted by atomic mass is 32.2. The molecule has 2 rings (SSSR count). The Labute approximate surface area is 130 Å². The molecule has 0 bridgehead atoms. The van der Waals surface area contributed by atoms with Crippen molar-refractivity contribution in [1.82, 2.24) is 4.90 Å². The molecule has 0 spiro atoms. The van der Waals surface area contributed by atoms with Gasteiger partial charge >= 0.3 is 0 Å². The number of piperazine rings is 1. The van der Waals surface area contributed by atoms with E-state index in [9.17, 15) is 13.2 Å². The minimum atomic E-state index is -3.66. The molecule has 1 aromatic carbocycles. The summed E-state index contributed by atoms with van der Waals surface area (Å²) in [6, 6.07) is 6.49. The van der Waals surface area contributed by atoms with Gasteiger partial charge in [0.1, 0.15) is 0 Å². The zero-order valence-corrected chi connectivity index (χ0v) is 13.3. The van der Waals surface area contributed by atoms with E-state index in [1.54, 1.807) is 12.1 Å². The number of carbonyl (C=O) groups excluding carboxylic acids is 1. The van der Waals surface area contributed by atoms with Crippen LogP contribution in [0.1, 0.15) is 12.8 Å². The van der Waals surface area contributed by atoms with Gasteiger partial charge in [0.05, 0.1) is 4.90 Å². The monoisotopic (exact) mass is 326 g/mol. The van der Waals surface area contributed by atoms with E-state index in [-0.39, 0.29) is 10.8 Å². The van der Waals surface area contributed by atoms with E-state index in [0.29, 0.717) is 32.5 Å². The predicted molar refractivity (Wildman–Crippen MR) is 84.9 cm³/mol. The molecule has 1 amide bonds. The summed E-state index contributed by atoms with van der Waals surface area (Å²) in [5, 5.41) is 5.08. The standard InChI is InChI=1S/C14H22N4O3S/c15-7-1-2-14(19)18-10-8-17(9-11-18)12-3-5-13(6-4-12)22(16,20)21/h3-6H,1-2,7-11,15H2,(H2,16,20,21). The molecule has 4 N–H and O–H groups in total. The third-order valence-corrected chi connectivity index (χ3v) is 4.69. The van der Waals surface area contributed by atoms with Gasteiger partial charge in [-0.3, -0.25) is 4.79 Å². The van der Waals surface area contributed by atoms with Gasteiger partial charge in [0.15, 0.2) is 0 Å². The van der Waals surface area contributed by atoms with Crippen molar-refractivity contribution < 1.29 is 13.2 Å². The summed E-state index contributed by atoms with van der Waals surface area (Å²) < 4.78 is 22.5. The zero-order valence-electron chi connectivity index (χ0n) is 12.4. The van der Waals surface area contributed by atoms with Gasteiger partial charge in [-0.25, -0.2) is 13.6 Å². The topological polar surface area (TPSA) is 110 Å². The Morgan fingerprint density at radius 1 is 1.09 bits per heavy atom. The molecule has 0 saturated carbocycles. The van der Waals surface area contributed by atoms with Gasteiger partial charge < -0.3 is 15.5 Å². The van der Waals surface area contributed by atoms with Gasteiger partial charge in [0.2, 0.25) is 15.9 Å². The molecule has 0 radical (unpaired) electrons. The normalized spacial score (nSPS) is 15.9. The van der Waals surface area contributed by atoms with E-state index in [2.05, 4.69) is 4.90 Å². The van der Waals surface area contributed by atoms with Crippen molar-refractivity contribution in [3.05, 3.63) is 24.3 Å². The first kappa shape index (κ1) is 16.7. The number of nitrogens with zero attached hydrogens (tertiary/aromatic N) is 2. The number of benzene rings is 1. The molecule has 1 heterocycles. The van der Waals surface area contributed by atoms with E-state index in [4.69, 9.17) is 10.9 Å². The van der Waals surface area contributed by atoms with Crippen molar-refractivity contribution >= 4 is 21.6 Å². The fourth-order valence-electron chi connectivity index (χ4n) is 2.47. The van der Waals surface area contributed by atoms with Crippen LogP contribution < -0.4 is 15.8 Å². The molecule has 7 nitrogen and oxygen atoms in total. The minimum absolute atomic E-state index is 0.104. The van der Waals surface area contributed by atoms with E-state index in [1.807, 2.05) is 4.90 Å². The van der Waals surface area contributed by atoms with Gasteiger partial charge in [0, 0.05) is 38.3 Å². The molecule has 1 aliphatic heterocycles. The van der Waals surface area contributed by atoms with Crippen molar-refractivity contribution in [2.75, 3.05) is 37.6 Å². The van der Waals surface area contributed by atoms with Gasteiger partial charge in [-0.1, -0.05) is 0 Å². The first-order valence-corrected chi connectivity index (χ1v) is 8.82. The van der Waals surface area contributed by atoms with E-state index < -0.39 is 10.0 Å². The molecule has 0 aromatic heterocycles. The van der Waals surface area contributed by atoms with Crippen molar-refractivity contribution in [3.8, 4) is 0 Å². The summed E-state index contributed by atoms with van der Waals surface area (Å²) in [4.78, 5) is 16.0. The van der Waals surface area contributed by atoms with Gasteiger partial charge in [0.25, 0.3) is 0 Å². The molecule has 1 aromatic rings. The van der Waals surface area contributed by atoms with Crippen LogP contribution in [0.4, 0.5) is 5.69 Å². The van der Waals surface area contributed by atoms with Crippen LogP contribution in [-0.4, -0.2) is 51.9 Å². The average Bonchev–Trinajstić information content (AvgIpc) is 2.52. The Hall–Kier alpha value is -1.64. The molecule has 8 heteroatoms. The molecule has 0 atom stereocenters. The lowest BCUT2D eigenvalue weighted by Gasteiger charge is -2.36. The minimum Gasteiger partial charge on any atom is -0.368 e. The Kier molecular flexibility index (Phi) is 5.38. The van der Waals surface area contributed by atoms with Crippen LogP contribution in [0.15, 0.2) is 29.2 Å². The number of hydrogen-bond donors (Lipinski definition) is 2. The molecule has 1 saturated heterocycles. The number of primary sulfonamides is 1. The van der Waals surface area contributed by atoms with E-state index >= 15 is 0 Å². The maximum Gasteiger partial charge on any atom is 0.238 e. The second-order valence-corrected chi connectivity index (χ2v) is 6.86. The first-order chi connectivity index (χ1) is 10.4. The summed E-state index contributed by atoms with van der Waals surface area (Å²) in [5.74, 6) is 0.148. The van der Waals surface area contributed by atoms with Crippen LogP contribution in [0.2, 0.25) is 0 Å². The fourth-order valence-corrected chi connectivity index (χ4v) is 2.99. The van der Waals surface area contributed by atoms with Crippen LogP contribution in [0.25, 0.3) is 0 Å². The molecule has 0 unspecified atom stereocenters. The predicted octanol–water partition coefficient (Wildman–Crippen LogP) is -0.278. The van der Waals surface area contributed by atoms with E-state index in [1.165, 1.54) is 12.1 Å². The Morgan fingerprint density at radius 2 is 1.68 bits per heavy atom. The van der Waals surface area contributed by atoms with Crippen molar-refractivity contribution in [2.24, 2.45) is 10.9 Å². The highest BCUT2D eigenvalue weighted by molar-refractivity contribution is 7.89. The molecule has 22 heavy (non-hydrogen) atoms. The molecule has 1 aliphatic rings. The van der Waals surface area contributed by atoms with Crippen LogP contribution >= 0.6 is 0 Å². The summed E-state index contributed by atoms with van der Waals surface area (Å²) in [7, 11) is -3.66. The van der Waals surface area contributed by atoms with Crippen LogP contribution in [0, 0.1) is 0 Å². The number of amides is 1. The van der Waals surface area contributed by atoms with Crippen molar-refractivity contribution in [3.63, 3.8) is 0 Å². The maximum absolute atomic E-state index is 11.9. The lowest BCUT2D eigenvalue weighted by molar-refractivity contribution is -0.131. The highest BCUT2D eigenvalue weighted by Gasteiger charge is 2.21. The summed E-state index contributed by atoms with van der Waals surface area (Å²) >= 11 is 0. The number of hydrogen-bond acceptors (Lipinski definition) is 5. The summed E-state index contributed by atoms with van der Waals surface area (Å²) in [6.45, 7) is 3.31. The van der Waals surface area contributed by atoms with Gasteiger partial charge in [-0.2, -0.15) is 0 Å².